The van der Waals surface area contributed by atoms with Crippen LogP contribution in [0.25, 0.3) is 0 Å². The van der Waals surface area contributed by atoms with Crippen LogP contribution in [-0.4, -0.2) is 28.8 Å². The number of benzene rings is 3. The summed E-state index contributed by atoms with van der Waals surface area (Å²) in [5.74, 6) is -0.264. The lowest BCUT2D eigenvalue weighted by Crippen LogP contribution is -2.52. The molecule has 2 atom stereocenters. The Bertz CT molecular complexity index is 1090. The molecule has 1 N–H and O–H groups in total. The molecule has 3 rings (SSSR count). The van der Waals surface area contributed by atoms with E-state index in [2.05, 4.69) is 21.2 Å². The SMILES string of the molecule is CC[C@@H](C)NC(=O)[C@H](Cc1ccccc1)N(Cc1ccc(Br)cc1)C(=O)Cc1cccc(Cl)c1. The lowest BCUT2D eigenvalue weighted by atomic mass is 10.0. The lowest BCUT2D eigenvalue weighted by Gasteiger charge is -2.32. The summed E-state index contributed by atoms with van der Waals surface area (Å²) in [4.78, 5) is 28.9. The standard InChI is InChI=1S/C28H30BrClN2O2/c1-3-20(2)31-28(34)26(17-21-8-5-4-6-9-21)32(19-22-12-14-24(29)15-13-22)27(33)18-23-10-7-11-25(30)16-23/h4-16,20,26H,3,17-19H2,1-2H3,(H,31,34)/t20-,26+/m1/s1. The number of amides is 2. The van der Waals surface area contributed by atoms with Gasteiger partial charge in [-0.05, 0) is 54.3 Å². The number of nitrogens with zero attached hydrogens (tertiary/aromatic N) is 1. The highest BCUT2D eigenvalue weighted by atomic mass is 79.9. The minimum Gasteiger partial charge on any atom is -0.352 e. The fraction of sp³-hybridized carbons (Fsp3) is 0.286. The topological polar surface area (TPSA) is 49.4 Å². The van der Waals surface area contributed by atoms with E-state index in [-0.39, 0.29) is 24.3 Å². The van der Waals surface area contributed by atoms with Crippen LogP contribution in [0.4, 0.5) is 0 Å². The summed E-state index contributed by atoms with van der Waals surface area (Å²) in [6.45, 7) is 4.34. The lowest BCUT2D eigenvalue weighted by molar-refractivity contribution is -0.141. The van der Waals surface area contributed by atoms with Gasteiger partial charge in [0.25, 0.3) is 0 Å². The Hall–Kier alpha value is -2.63. The fourth-order valence-corrected chi connectivity index (χ4v) is 4.18. The maximum absolute atomic E-state index is 13.7. The van der Waals surface area contributed by atoms with Gasteiger partial charge in [0.15, 0.2) is 0 Å². The molecular weight excluding hydrogens is 512 g/mol. The molecule has 178 valence electrons. The molecule has 6 heteroatoms. The molecule has 0 aliphatic carbocycles. The van der Waals surface area contributed by atoms with Crippen molar-refractivity contribution >= 4 is 39.3 Å². The third-order valence-corrected chi connectivity index (χ3v) is 6.55. The summed E-state index contributed by atoms with van der Waals surface area (Å²) in [6, 6.07) is 24.3. The third-order valence-electron chi connectivity index (χ3n) is 5.78. The van der Waals surface area contributed by atoms with E-state index in [0.717, 1.165) is 27.6 Å². The molecule has 0 fully saturated rings. The second kappa shape index (κ2) is 12.7. The first-order valence-corrected chi connectivity index (χ1v) is 12.7. The van der Waals surface area contributed by atoms with Crippen LogP contribution in [0.15, 0.2) is 83.3 Å². The maximum Gasteiger partial charge on any atom is 0.243 e. The normalized spacial score (nSPS) is 12.6. The van der Waals surface area contributed by atoms with E-state index in [4.69, 9.17) is 11.6 Å². The second-order valence-corrected chi connectivity index (χ2v) is 9.83. The van der Waals surface area contributed by atoms with Gasteiger partial charge in [-0.3, -0.25) is 9.59 Å². The molecule has 0 spiro atoms. The Kier molecular flexibility index (Phi) is 9.73. The van der Waals surface area contributed by atoms with E-state index in [1.807, 2.05) is 80.6 Å². The largest absolute Gasteiger partial charge is 0.352 e. The van der Waals surface area contributed by atoms with E-state index < -0.39 is 6.04 Å². The van der Waals surface area contributed by atoms with E-state index in [1.54, 1.807) is 17.0 Å². The summed E-state index contributed by atoms with van der Waals surface area (Å²) in [5.41, 5.74) is 2.78. The van der Waals surface area contributed by atoms with Crippen molar-refractivity contribution in [3.05, 3.63) is 105 Å². The molecule has 0 saturated carbocycles. The van der Waals surface area contributed by atoms with Gasteiger partial charge in [0.2, 0.25) is 11.8 Å². The van der Waals surface area contributed by atoms with Gasteiger partial charge in [-0.15, -0.1) is 0 Å². The predicted molar refractivity (Wildman–Crippen MR) is 142 cm³/mol. The zero-order valence-corrected chi connectivity index (χ0v) is 21.9. The van der Waals surface area contributed by atoms with Crippen molar-refractivity contribution in [3.63, 3.8) is 0 Å². The van der Waals surface area contributed by atoms with Crippen LogP contribution < -0.4 is 5.32 Å². The highest BCUT2D eigenvalue weighted by Crippen LogP contribution is 2.19. The smallest absolute Gasteiger partial charge is 0.243 e. The molecule has 0 saturated heterocycles. The summed E-state index contributed by atoms with van der Waals surface area (Å²) < 4.78 is 0.961. The molecule has 3 aromatic carbocycles. The number of hydrogen-bond acceptors (Lipinski definition) is 2. The average molecular weight is 542 g/mol. The number of nitrogens with one attached hydrogen (secondary N) is 1. The Labute approximate surface area is 215 Å². The van der Waals surface area contributed by atoms with Crippen molar-refractivity contribution in [2.75, 3.05) is 0 Å². The quantitative estimate of drug-likeness (QED) is 0.332. The molecule has 0 heterocycles. The van der Waals surface area contributed by atoms with Gasteiger partial charge in [0.1, 0.15) is 6.04 Å². The van der Waals surface area contributed by atoms with E-state index in [0.29, 0.717) is 18.0 Å². The van der Waals surface area contributed by atoms with Crippen LogP contribution >= 0.6 is 27.5 Å². The summed E-state index contributed by atoms with van der Waals surface area (Å²) in [6.07, 6.45) is 1.41. The summed E-state index contributed by atoms with van der Waals surface area (Å²) in [5, 5.41) is 3.68. The van der Waals surface area contributed by atoms with Crippen molar-refractivity contribution in [3.8, 4) is 0 Å². The Morgan fingerprint density at radius 1 is 0.941 bits per heavy atom. The molecule has 34 heavy (non-hydrogen) atoms. The minimum atomic E-state index is -0.647. The third kappa shape index (κ3) is 7.71. The predicted octanol–water partition coefficient (Wildman–Crippen LogP) is 6.20. The van der Waals surface area contributed by atoms with Crippen molar-refractivity contribution in [1.82, 2.24) is 10.2 Å². The molecule has 0 radical (unpaired) electrons. The van der Waals surface area contributed by atoms with E-state index in [1.165, 1.54) is 0 Å². The zero-order chi connectivity index (χ0) is 24.5. The molecule has 0 aliphatic rings. The van der Waals surface area contributed by atoms with Crippen LogP contribution in [0.1, 0.15) is 37.0 Å². The molecule has 3 aromatic rings. The first kappa shape index (κ1) is 26.0. The molecule has 0 bridgehead atoms. The van der Waals surface area contributed by atoms with Gasteiger partial charge in [0, 0.05) is 28.5 Å². The number of carbonyl (C=O) groups excluding carboxylic acids is 2. The minimum absolute atomic E-state index is 0.0170. The monoisotopic (exact) mass is 540 g/mol. The Morgan fingerprint density at radius 3 is 2.26 bits per heavy atom. The Morgan fingerprint density at radius 2 is 1.62 bits per heavy atom. The summed E-state index contributed by atoms with van der Waals surface area (Å²) >= 11 is 9.62. The van der Waals surface area contributed by atoms with Crippen LogP contribution in [0.5, 0.6) is 0 Å². The first-order chi connectivity index (χ1) is 16.4. The highest BCUT2D eigenvalue weighted by molar-refractivity contribution is 9.10. The Balaban J connectivity index is 1.96. The van der Waals surface area contributed by atoms with E-state index in [9.17, 15) is 9.59 Å². The molecule has 4 nitrogen and oxygen atoms in total. The van der Waals surface area contributed by atoms with Crippen LogP contribution in [-0.2, 0) is 29.0 Å². The van der Waals surface area contributed by atoms with Gasteiger partial charge >= 0.3 is 0 Å². The molecule has 0 unspecified atom stereocenters. The van der Waals surface area contributed by atoms with Crippen LogP contribution in [0.3, 0.4) is 0 Å². The average Bonchev–Trinajstić information content (AvgIpc) is 2.83. The molecule has 0 aromatic heterocycles. The van der Waals surface area contributed by atoms with Gasteiger partial charge in [-0.1, -0.05) is 89.1 Å². The van der Waals surface area contributed by atoms with Gasteiger partial charge in [-0.2, -0.15) is 0 Å². The molecule has 0 aliphatic heterocycles. The fourth-order valence-electron chi connectivity index (χ4n) is 3.70. The van der Waals surface area contributed by atoms with Crippen LogP contribution in [0, 0.1) is 0 Å². The van der Waals surface area contributed by atoms with Gasteiger partial charge in [-0.25, -0.2) is 0 Å². The second-order valence-electron chi connectivity index (χ2n) is 8.48. The summed E-state index contributed by atoms with van der Waals surface area (Å²) in [7, 11) is 0. The van der Waals surface area contributed by atoms with Gasteiger partial charge in [0.05, 0.1) is 6.42 Å². The molecule has 2 amide bonds. The van der Waals surface area contributed by atoms with Crippen molar-refractivity contribution in [1.29, 1.82) is 0 Å². The van der Waals surface area contributed by atoms with E-state index >= 15 is 0 Å². The molecular formula is C28H30BrClN2O2. The van der Waals surface area contributed by atoms with Crippen molar-refractivity contribution in [2.24, 2.45) is 0 Å². The van der Waals surface area contributed by atoms with Crippen molar-refractivity contribution < 1.29 is 9.59 Å². The number of halogens is 2. The van der Waals surface area contributed by atoms with Gasteiger partial charge < -0.3 is 10.2 Å². The number of rotatable bonds is 10. The van der Waals surface area contributed by atoms with Crippen molar-refractivity contribution in [2.45, 2.75) is 51.7 Å². The van der Waals surface area contributed by atoms with Crippen LogP contribution in [0.2, 0.25) is 5.02 Å². The number of hydrogen-bond donors (Lipinski definition) is 1. The zero-order valence-electron chi connectivity index (χ0n) is 19.5. The first-order valence-electron chi connectivity index (χ1n) is 11.5. The maximum atomic E-state index is 13.7. The highest BCUT2D eigenvalue weighted by Gasteiger charge is 2.31. The number of carbonyl (C=O) groups is 2.